The number of carboxylic acids is 1. The summed E-state index contributed by atoms with van der Waals surface area (Å²) in [6, 6.07) is -0.509. The van der Waals surface area contributed by atoms with Crippen molar-refractivity contribution in [3.05, 3.63) is 0 Å². The van der Waals surface area contributed by atoms with Gasteiger partial charge in [-0.15, -0.1) is 0 Å². The lowest BCUT2D eigenvalue weighted by Gasteiger charge is -2.44. The molecule has 0 spiro atoms. The zero-order valence-electron chi connectivity index (χ0n) is 11.7. The van der Waals surface area contributed by atoms with Crippen LogP contribution in [0, 0.1) is 0 Å². The predicted molar refractivity (Wildman–Crippen MR) is 69.9 cm³/mol. The van der Waals surface area contributed by atoms with E-state index < -0.39 is 17.6 Å². The molecule has 1 N–H and O–H groups in total. The first-order valence-corrected chi connectivity index (χ1v) is 7.31. The Morgan fingerprint density at radius 2 is 2.00 bits per heavy atom. The van der Waals surface area contributed by atoms with E-state index in [2.05, 4.69) is 0 Å². The van der Waals surface area contributed by atoms with Crippen molar-refractivity contribution in [2.45, 2.75) is 63.1 Å². The summed E-state index contributed by atoms with van der Waals surface area (Å²) in [5, 5.41) is 9.52. The number of nitrogens with zero attached hydrogens (tertiary/aromatic N) is 2. The number of hydrogen-bond acceptors (Lipinski definition) is 4. The first kappa shape index (κ1) is 13.5. The van der Waals surface area contributed by atoms with Crippen molar-refractivity contribution in [2.24, 2.45) is 0 Å². The first-order valence-electron chi connectivity index (χ1n) is 7.31. The minimum Gasteiger partial charge on any atom is -0.480 e. The molecule has 2 atom stereocenters. The fraction of sp³-hybridized carbons (Fsp3) is 0.786. The first-order chi connectivity index (χ1) is 9.45. The van der Waals surface area contributed by atoms with Crippen molar-refractivity contribution in [2.75, 3.05) is 6.54 Å². The quantitative estimate of drug-likeness (QED) is 0.766. The fourth-order valence-electron chi connectivity index (χ4n) is 3.47. The van der Waals surface area contributed by atoms with Crippen molar-refractivity contribution in [1.82, 2.24) is 9.80 Å². The summed E-state index contributed by atoms with van der Waals surface area (Å²) in [7, 11) is 0. The molecule has 0 aromatic rings. The van der Waals surface area contributed by atoms with E-state index in [0.717, 1.165) is 25.7 Å². The Morgan fingerprint density at radius 1 is 1.30 bits per heavy atom. The van der Waals surface area contributed by atoms with Gasteiger partial charge < -0.3 is 5.11 Å². The van der Waals surface area contributed by atoms with Gasteiger partial charge in [0.2, 0.25) is 11.8 Å². The van der Waals surface area contributed by atoms with Crippen molar-refractivity contribution in [3.63, 3.8) is 0 Å². The molecule has 0 aromatic carbocycles. The van der Waals surface area contributed by atoms with Gasteiger partial charge in [-0.05, 0) is 39.0 Å². The normalized spacial score (nSPS) is 35.6. The Morgan fingerprint density at radius 3 is 2.60 bits per heavy atom. The second-order valence-electron chi connectivity index (χ2n) is 6.28. The third-order valence-corrected chi connectivity index (χ3v) is 4.85. The molecule has 1 aliphatic carbocycles. The van der Waals surface area contributed by atoms with E-state index in [4.69, 9.17) is 0 Å². The standard InChI is InChI=1S/C14H20N2O4/c1-14(13(19)20)6-2-3-7-15(14)10-8-11(17)16(12(10)18)9-4-5-9/h9-10H,2-8H2,1H3,(H,19,20). The molecule has 3 fully saturated rings. The van der Waals surface area contributed by atoms with E-state index in [0.29, 0.717) is 13.0 Å². The Bertz CT molecular complexity index is 474. The average molecular weight is 280 g/mol. The van der Waals surface area contributed by atoms with E-state index >= 15 is 0 Å². The van der Waals surface area contributed by atoms with Crippen LogP contribution in [0.5, 0.6) is 0 Å². The summed E-state index contributed by atoms with van der Waals surface area (Å²) in [5.74, 6) is -1.23. The van der Waals surface area contributed by atoms with Gasteiger partial charge >= 0.3 is 5.97 Å². The van der Waals surface area contributed by atoms with Crippen molar-refractivity contribution < 1.29 is 19.5 Å². The Balaban J connectivity index is 1.85. The van der Waals surface area contributed by atoms with E-state index in [9.17, 15) is 19.5 Å². The SMILES string of the molecule is CC1(C(=O)O)CCCCN1C1CC(=O)N(C2CC2)C1=O. The maximum atomic E-state index is 12.5. The molecule has 3 rings (SSSR count). The van der Waals surface area contributed by atoms with Crippen LogP contribution in [-0.2, 0) is 14.4 Å². The lowest BCUT2D eigenvalue weighted by molar-refractivity contribution is -0.157. The molecule has 3 aliphatic rings. The van der Waals surface area contributed by atoms with Crippen LogP contribution in [0.25, 0.3) is 0 Å². The Labute approximate surface area is 117 Å². The van der Waals surface area contributed by atoms with Crippen LogP contribution >= 0.6 is 0 Å². The van der Waals surface area contributed by atoms with Crippen LogP contribution in [0.2, 0.25) is 0 Å². The molecular weight excluding hydrogens is 260 g/mol. The van der Waals surface area contributed by atoms with Gasteiger partial charge in [0.05, 0.1) is 12.5 Å². The molecule has 2 saturated heterocycles. The highest BCUT2D eigenvalue weighted by atomic mass is 16.4. The molecule has 20 heavy (non-hydrogen) atoms. The van der Waals surface area contributed by atoms with Crippen LogP contribution in [0.3, 0.4) is 0 Å². The van der Waals surface area contributed by atoms with Gasteiger partial charge in [0.1, 0.15) is 5.54 Å². The van der Waals surface area contributed by atoms with Gasteiger partial charge in [-0.3, -0.25) is 24.2 Å². The zero-order valence-corrected chi connectivity index (χ0v) is 11.7. The van der Waals surface area contributed by atoms with Gasteiger partial charge in [0.15, 0.2) is 0 Å². The van der Waals surface area contributed by atoms with Crippen LogP contribution in [0.1, 0.15) is 45.4 Å². The molecule has 110 valence electrons. The molecule has 6 heteroatoms. The summed E-state index contributed by atoms with van der Waals surface area (Å²) in [6.07, 6.45) is 4.17. The molecule has 2 amide bonds. The largest absolute Gasteiger partial charge is 0.480 e. The molecule has 6 nitrogen and oxygen atoms in total. The summed E-state index contributed by atoms with van der Waals surface area (Å²) in [5.41, 5.74) is -1.03. The predicted octanol–water partition coefficient (Wildman–Crippen LogP) is 0.605. The highest BCUT2D eigenvalue weighted by Crippen LogP contribution is 2.37. The second-order valence-corrected chi connectivity index (χ2v) is 6.28. The number of aliphatic carboxylic acids is 1. The average Bonchev–Trinajstić information content (AvgIpc) is 3.17. The molecule has 2 heterocycles. The van der Waals surface area contributed by atoms with E-state index in [1.54, 1.807) is 11.8 Å². The van der Waals surface area contributed by atoms with Crippen molar-refractivity contribution >= 4 is 17.8 Å². The third-order valence-electron chi connectivity index (χ3n) is 4.85. The lowest BCUT2D eigenvalue weighted by Crippen LogP contribution is -2.60. The van der Waals surface area contributed by atoms with Gasteiger partial charge in [-0.25, -0.2) is 0 Å². The zero-order chi connectivity index (χ0) is 14.5. The van der Waals surface area contributed by atoms with Crippen LogP contribution in [-0.4, -0.2) is 56.9 Å². The molecule has 0 bridgehead atoms. The topological polar surface area (TPSA) is 77.9 Å². The summed E-state index contributed by atoms with van der Waals surface area (Å²) < 4.78 is 0. The Hall–Kier alpha value is -1.43. The van der Waals surface area contributed by atoms with Crippen LogP contribution in [0.15, 0.2) is 0 Å². The van der Waals surface area contributed by atoms with Gasteiger partial charge in [-0.1, -0.05) is 0 Å². The number of rotatable bonds is 3. The fourth-order valence-corrected chi connectivity index (χ4v) is 3.47. The molecule has 1 saturated carbocycles. The lowest BCUT2D eigenvalue weighted by atomic mass is 9.86. The maximum absolute atomic E-state index is 12.5. The summed E-state index contributed by atoms with van der Waals surface area (Å²) >= 11 is 0. The van der Waals surface area contributed by atoms with Crippen molar-refractivity contribution in [1.29, 1.82) is 0 Å². The highest BCUT2D eigenvalue weighted by molar-refractivity contribution is 6.06. The molecule has 2 unspecified atom stereocenters. The number of amides is 2. The smallest absolute Gasteiger partial charge is 0.323 e. The number of carbonyl (C=O) groups is 3. The molecule has 0 radical (unpaired) electrons. The number of carboxylic acid groups (broad SMARTS) is 1. The van der Waals surface area contributed by atoms with Crippen LogP contribution < -0.4 is 0 Å². The minimum absolute atomic E-state index is 0.0703. The second kappa shape index (κ2) is 4.55. The van der Waals surface area contributed by atoms with Gasteiger partial charge in [-0.2, -0.15) is 0 Å². The van der Waals surface area contributed by atoms with E-state index in [1.165, 1.54) is 4.90 Å². The maximum Gasteiger partial charge on any atom is 0.323 e. The van der Waals surface area contributed by atoms with E-state index in [-0.39, 0.29) is 24.3 Å². The monoisotopic (exact) mass is 280 g/mol. The number of likely N-dealkylation sites (tertiary alicyclic amines) is 2. The molecule has 0 aromatic heterocycles. The molecular formula is C14H20N2O4. The van der Waals surface area contributed by atoms with Crippen LogP contribution in [0.4, 0.5) is 0 Å². The Kier molecular flexibility index (Phi) is 3.08. The van der Waals surface area contributed by atoms with Gasteiger partial charge in [0.25, 0.3) is 0 Å². The number of imide groups is 1. The minimum atomic E-state index is -1.03. The van der Waals surface area contributed by atoms with Gasteiger partial charge in [0, 0.05) is 12.6 Å². The third kappa shape index (κ3) is 1.93. The number of piperidine rings is 1. The summed E-state index contributed by atoms with van der Waals surface area (Å²) in [4.78, 5) is 39.2. The highest BCUT2D eigenvalue weighted by Gasteiger charge is 2.53. The van der Waals surface area contributed by atoms with Crippen molar-refractivity contribution in [3.8, 4) is 0 Å². The summed E-state index contributed by atoms with van der Waals surface area (Å²) in [6.45, 7) is 2.25. The number of hydrogen-bond donors (Lipinski definition) is 1. The number of carbonyl (C=O) groups excluding carboxylic acids is 2. The molecule has 2 aliphatic heterocycles. The van der Waals surface area contributed by atoms with E-state index in [1.807, 2.05) is 0 Å².